The molecule has 0 unspecified atom stereocenters. The minimum Gasteiger partial charge on any atom is -0.468 e. The number of halogens is 1. The summed E-state index contributed by atoms with van der Waals surface area (Å²) in [5.41, 5.74) is -1.78. The Bertz CT molecular complexity index is 904. The predicted octanol–water partition coefficient (Wildman–Crippen LogP) is 4.04. The molecule has 3 rings (SSSR count). The van der Waals surface area contributed by atoms with Crippen LogP contribution in [0, 0.1) is 10.8 Å². The second kappa shape index (κ2) is 7.51. The van der Waals surface area contributed by atoms with Gasteiger partial charge in [-0.1, -0.05) is 58.4 Å². The normalized spacial score (nSPS) is 23.8. The van der Waals surface area contributed by atoms with Gasteiger partial charge in [-0.3, -0.25) is 14.4 Å². The number of benzene rings is 2. The molecule has 0 aromatic heterocycles. The van der Waals surface area contributed by atoms with Crippen LogP contribution in [0.5, 0.6) is 0 Å². The lowest BCUT2D eigenvalue weighted by atomic mass is 9.63. The van der Waals surface area contributed by atoms with Gasteiger partial charge in [0.05, 0.1) is 12.5 Å². The fourth-order valence-corrected chi connectivity index (χ4v) is 3.98. The maximum Gasteiger partial charge on any atom is 0.332 e. The number of ketones is 1. The van der Waals surface area contributed by atoms with Crippen LogP contribution in [0.4, 0.5) is 0 Å². The van der Waals surface area contributed by atoms with E-state index in [4.69, 9.17) is 9.47 Å². The molecule has 0 saturated carbocycles. The van der Waals surface area contributed by atoms with Crippen molar-refractivity contribution in [1.29, 1.82) is 0 Å². The van der Waals surface area contributed by atoms with Gasteiger partial charge in [-0.05, 0) is 37.1 Å². The van der Waals surface area contributed by atoms with Gasteiger partial charge in [-0.15, -0.1) is 0 Å². The molecular weight excluding hydrogens is 424 g/mol. The van der Waals surface area contributed by atoms with Gasteiger partial charge in [-0.25, -0.2) is 0 Å². The van der Waals surface area contributed by atoms with Crippen LogP contribution in [-0.2, 0) is 30.3 Å². The Hall–Kier alpha value is -2.47. The number of methoxy groups -OCH3 is 1. The van der Waals surface area contributed by atoms with E-state index in [9.17, 15) is 14.4 Å². The summed E-state index contributed by atoms with van der Waals surface area (Å²) in [6.07, 6.45) is -0.900. The first-order valence-electron chi connectivity index (χ1n) is 8.87. The molecule has 1 aliphatic heterocycles. The van der Waals surface area contributed by atoms with Gasteiger partial charge < -0.3 is 9.47 Å². The highest BCUT2D eigenvalue weighted by Crippen LogP contribution is 2.49. The van der Waals surface area contributed by atoms with Crippen molar-refractivity contribution < 1.29 is 23.9 Å². The van der Waals surface area contributed by atoms with Crippen LogP contribution in [0.15, 0.2) is 59.1 Å². The number of rotatable bonds is 4. The standard InChI is InChI=1S/C22H21BrO5/c1-21(2)17(15-9-11-16(23)12-10-15)28-20(26)22(18(21)24,19(25)27-3)13-14-7-5-4-6-8-14/h4-12,17H,13H2,1-3H3/t17-,22+/m0/s1. The van der Waals surface area contributed by atoms with Crippen LogP contribution < -0.4 is 0 Å². The Kier molecular flexibility index (Phi) is 5.44. The molecule has 0 aliphatic carbocycles. The number of carbonyl (C=O) groups excluding carboxylic acids is 3. The average Bonchev–Trinajstić information content (AvgIpc) is 2.69. The molecule has 1 aliphatic rings. The zero-order valence-corrected chi connectivity index (χ0v) is 17.5. The molecule has 2 atom stereocenters. The molecule has 28 heavy (non-hydrogen) atoms. The molecule has 2 aromatic carbocycles. The zero-order chi connectivity index (χ0) is 20.5. The molecule has 0 bridgehead atoms. The highest BCUT2D eigenvalue weighted by molar-refractivity contribution is 9.10. The Balaban J connectivity index is 2.08. The van der Waals surface area contributed by atoms with Gasteiger partial charge >= 0.3 is 11.9 Å². The quantitative estimate of drug-likeness (QED) is 0.525. The fourth-order valence-electron chi connectivity index (χ4n) is 3.72. The summed E-state index contributed by atoms with van der Waals surface area (Å²) >= 11 is 3.37. The lowest BCUT2D eigenvalue weighted by Crippen LogP contribution is -2.60. The molecule has 0 N–H and O–H groups in total. The van der Waals surface area contributed by atoms with E-state index >= 15 is 0 Å². The van der Waals surface area contributed by atoms with E-state index in [1.807, 2.05) is 18.2 Å². The summed E-state index contributed by atoms with van der Waals surface area (Å²) in [4.78, 5) is 39.5. The molecule has 2 aromatic rings. The van der Waals surface area contributed by atoms with Crippen molar-refractivity contribution in [3.05, 3.63) is 70.2 Å². The Morgan fingerprint density at radius 1 is 1.07 bits per heavy atom. The highest BCUT2D eigenvalue weighted by Gasteiger charge is 2.65. The van der Waals surface area contributed by atoms with Crippen LogP contribution >= 0.6 is 15.9 Å². The smallest absolute Gasteiger partial charge is 0.332 e. The topological polar surface area (TPSA) is 69.7 Å². The molecule has 0 radical (unpaired) electrons. The van der Waals surface area contributed by atoms with Crippen LogP contribution in [-0.4, -0.2) is 24.8 Å². The Morgan fingerprint density at radius 3 is 2.25 bits per heavy atom. The van der Waals surface area contributed by atoms with Crippen LogP contribution in [0.3, 0.4) is 0 Å². The summed E-state index contributed by atoms with van der Waals surface area (Å²) in [6.45, 7) is 3.38. The van der Waals surface area contributed by atoms with Crippen molar-refractivity contribution in [2.45, 2.75) is 26.4 Å². The van der Waals surface area contributed by atoms with E-state index in [1.54, 1.807) is 50.2 Å². The monoisotopic (exact) mass is 444 g/mol. The van der Waals surface area contributed by atoms with E-state index in [-0.39, 0.29) is 6.42 Å². The fraction of sp³-hybridized carbons (Fsp3) is 0.318. The van der Waals surface area contributed by atoms with Gasteiger partial charge in [0.1, 0.15) is 6.10 Å². The second-order valence-electron chi connectivity index (χ2n) is 7.45. The van der Waals surface area contributed by atoms with Gasteiger partial charge in [-0.2, -0.15) is 0 Å². The van der Waals surface area contributed by atoms with Crippen LogP contribution in [0.1, 0.15) is 31.1 Å². The van der Waals surface area contributed by atoms with E-state index in [0.29, 0.717) is 11.1 Å². The molecule has 0 amide bonds. The minimum atomic E-state index is -2.02. The number of esters is 2. The molecule has 6 heteroatoms. The van der Waals surface area contributed by atoms with Crippen molar-refractivity contribution in [2.75, 3.05) is 7.11 Å². The highest BCUT2D eigenvalue weighted by atomic mass is 79.9. The maximum atomic E-state index is 13.6. The molecule has 5 nitrogen and oxygen atoms in total. The zero-order valence-electron chi connectivity index (χ0n) is 15.9. The Morgan fingerprint density at radius 2 is 1.68 bits per heavy atom. The number of Topliss-reactive ketones (excluding diaryl/α,β-unsaturated/α-hetero) is 1. The number of cyclic esters (lactones) is 1. The third-order valence-electron chi connectivity index (χ3n) is 5.22. The van der Waals surface area contributed by atoms with E-state index < -0.39 is 34.7 Å². The van der Waals surface area contributed by atoms with Crippen LogP contribution in [0.2, 0.25) is 0 Å². The minimum absolute atomic E-state index is 0.103. The van der Waals surface area contributed by atoms with Gasteiger partial charge in [0.15, 0.2) is 5.78 Å². The van der Waals surface area contributed by atoms with Gasteiger partial charge in [0.2, 0.25) is 5.41 Å². The first kappa shape index (κ1) is 20.3. The number of hydrogen-bond donors (Lipinski definition) is 0. The first-order valence-corrected chi connectivity index (χ1v) is 9.66. The van der Waals surface area contributed by atoms with E-state index in [1.165, 1.54) is 7.11 Å². The lowest BCUT2D eigenvalue weighted by molar-refractivity contribution is -0.196. The summed E-state index contributed by atoms with van der Waals surface area (Å²) in [7, 11) is 1.17. The lowest BCUT2D eigenvalue weighted by Gasteiger charge is -2.44. The van der Waals surface area contributed by atoms with E-state index in [0.717, 1.165) is 4.47 Å². The maximum absolute atomic E-state index is 13.6. The van der Waals surface area contributed by atoms with Crippen molar-refractivity contribution in [3.63, 3.8) is 0 Å². The average molecular weight is 445 g/mol. The van der Waals surface area contributed by atoms with Gasteiger partial charge in [0.25, 0.3) is 0 Å². The molecule has 1 heterocycles. The van der Waals surface area contributed by atoms with Crippen molar-refractivity contribution in [3.8, 4) is 0 Å². The van der Waals surface area contributed by atoms with E-state index in [2.05, 4.69) is 15.9 Å². The molecule has 146 valence electrons. The molecule has 1 saturated heterocycles. The SMILES string of the molecule is COC(=O)[C@]1(Cc2ccccc2)C(=O)O[C@@H](c2ccc(Br)cc2)C(C)(C)C1=O. The third-order valence-corrected chi connectivity index (χ3v) is 5.75. The predicted molar refractivity (Wildman–Crippen MR) is 106 cm³/mol. The summed E-state index contributed by atoms with van der Waals surface area (Å²) in [6, 6.07) is 16.1. The summed E-state index contributed by atoms with van der Waals surface area (Å²) in [5.74, 6) is -2.27. The van der Waals surface area contributed by atoms with Crippen molar-refractivity contribution >= 4 is 33.7 Å². The summed E-state index contributed by atoms with van der Waals surface area (Å²) in [5, 5.41) is 0. The molecular formula is C22H21BrO5. The van der Waals surface area contributed by atoms with Gasteiger partial charge in [0, 0.05) is 10.9 Å². The number of carbonyl (C=O) groups is 3. The molecule has 1 fully saturated rings. The van der Waals surface area contributed by atoms with Crippen molar-refractivity contribution in [1.82, 2.24) is 0 Å². The molecule has 0 spiro atoms. The summed E-state index contributed by atoms with van der Waals surface area (Å²) < 4.78 is 11.5. The third kappa shape index (κ3) is 3.26. The van der Waals surface area contributed by atoms with Crippen LogP contribution in [0.25, 0.3) is 0 Å². The number of ether oxygens (including phenoxy) is 2. The Labute approximate surface area is 172 Å². The van der Waals surface area contributed by atoms with Crippen molar-refractivity contribution in [2.24, 2.45) is 10.8 Å². The number of hydrogen-bond acceptors (Lipinski definition) is 5. The second-order valence-corrected chi connectivity index (χ2v) is 8.36. The first-order chi connectivity index (χ1) is 13.2. The largest absolute Gasteiger partial charge is 0.468 e.